The van der Waals surface area contributed by atoms with Gasteiger partial charge in [-0.2, -0.15) is 0 Å². The monoisotopic (exact) mass is 253 g/mol. The Morgan fingerprint density at radius 3 is 2.39 bits per heavy atom. The van der Waals surface area contributed by atoms with E-state index in [1.807, 2.05) is 13.8 Å². The normalized spacial score (nSPS) is 12.5. The van der Waals surface area contributed by atoms with Crippen LogP contribution in [-0.4, -0.2) is 23.0 Å². The van der Waals surface area contributed by atoms with Crippen molar-refractivity contribution < 1.29 is 19.1 Å². The van der Waals surface area contributed by atoms with Crippen molar-refractivity contribution in [2.24, 2.45) is 5.92 Å². The maximum absolute atomic E-state index is 11.9. The Kier molecular flexibility index (Phi) is 4.53. The number of carboxylic acids is 1. The van der Waals surface area contributed by atoms with Gasteiger partial charge >= 0.3 is 5.97 Å². The Balaban J connectivity index is 2.78. The van der Waals surface area contributed by atoms with Crippen LogP contribution in [0.3, 0.4) is 0 Å². The van der Waals surface area contributed by atoms with E-state index in [0.29, 0.717) is 17.7 Å². The maximum atomic E-state index is 11.9. The molecule has 1 amide bonds. The summed E-state index contributed by atoms with van der Waals surface area (Å²) >= 11 is 0. The molecule has 1 aromatic rings. The third-order valence-corrected chi connectivity index (χ3v) is 2.56. The van der Waals surface area contributed by atoms with E-state index in [2.05, 4.69) is 5.32 Å². The highest BCUT2D eigenvalue weighted by atomic mass is 16.4. The lowest BCUT2D eigenvalue weighted by Crippen LogP contribution is -2.41. The van der Waals surface area contributed by atoms with Gasteiger partial charge in [-0.25, -0.2) is 4.79 Å². The summed E-state index contributed by atoms with van der Waals surface area (Å²) < 4.78 is 5.26. The summed E-state index contributed by atoms with van der Waals surface area (Å²) in [5.41, 5.74) is 0.707. The van der Waals surface area contributed by atoms with Crippen LogP contribution in [0.5, 0.6) is 0 Å². The molecule has 1 rings (SSSR count). The number of carboxylic acid groups (broad SMARTS) is 1. The van der Waals surface area contributed by atoms with Crippen LogP contribution in [0.4, 0.5) is 0 Å². The number of hydrogen-bond donors (Lipinski definition) is 2. The second-order valence-corrected chi connectivity index (χ2v) is 4.86. The molecule has 100 valence electrons. The molecule has 0 saturated carbocycles. The van der Waals surface area contributed by atoms with E-state index in [-0.39, 0.29) is 11.7 Å². The Hall–Kier alpha value is -1.78. The van der Waals surface area contributed by atoms with Gasteiger partial charge in [0.05, 0.1) is 0 Å². The van der Waals surface area contributed by atoms with Crippen molar-refractivity contribution in [3.8, 4) is 0 Å². The molecule has 0 saturated heterocycles. The molecule has 1 aromatic heterocycles. The summed E-state index contributed by atoms with van der Waals surface area (Å²) in [6.45, 7) is 7.31. The van der Waals surface area contributed by atoms with Gasteiger partial charge in [0, 0.05) is 5.56 Å². The SMILES string of the molecule is Cc1cc(C)c(C(=O)N[C@H](CC(C)C)C(=O)O)o1. The van der Waals surface area contributed by atoms with Gasteiger partial charge < -0.3 is 14.8 Å². The zero-order valence-corrected chi connectivity index (χ0v) is 11.1. The number of rotatable bonds is 5. The Morgan fingerprint density at radius 2 is 2.00 bits per heavy atom. The first-order valence-electron chi connectivity index (χ1n) is 5.92. The molecule has 0 aliphatic carbocycles. The fourth-order valence-electron chi connectivity index (χ4n) is 1.78. The van der Waals surface area contributed by atoms with Crippen molar-refractivity contribution in [2.45, 2.75) is 40.2 Å². The molecule has 5 nitrogen and oxygen atoms in total. The van der Waals surface area contributed by atoms with Gasteiger partial charge in [-0.1, -0.05) is 13.8 Å². The second-order valence-electron chi connectivity index (χ2n) is 4.86. The van der Waals surface area contributed by atoms with Crippen LogP contribution in [0.2, 0.25) is 0 Å². The predicted octanol–water partition coefficient (Wildman–Crippen LogP) is 2.13. The van der Waals surface area contributed by atoms with Gasteiger partial charge in [-0.05, 0) is 32.3 Å². The summed E-state index contributed by atoms with van der Waals surface area (Å²) in [6, 6.07) is 0.856. The minimum Gasteiger partial charge on any atom is -0.480 e. The van der Waals surface area contributed by atoms with Crippen LogP contribution < -0.4 is 5.32 Å². The second kappa shape index (κ2) is 5.71. The van der Waals surface area contributed by atoms with Crippen molar-refractivity contribution >= 4 is 11.9 Å². The first kappa shape index (κ1) is 14.3. The predicted molar refractivity (Wildman–Crippen MR) is 66.5 cm³/mol. The van der Waals surface area contributed by atoms with E-state index in [0.717, 1.165) is 0 Å². The number of aryl methyl sites for hydroxylation is 2. The molecule has 2 N–H and O–H groups in total. The lowest BCUT2D eigenvalue weighted by atomic mass is 10.0. The molecule has 0 aliphatic heterocycles. The van der Waals surface area contributed by atoms with E-state index in [9.17, 15) is 9.59 Å². The van der Waals surface area contributed by atoms with Crippen molar-refractivity contribution in [3.05, 3.63) is 23.2 Å². The van der Waals surface area contributed by atoms with Gasteiger partial charge in [-0.3, -0.25) is 4.79 Å². The highest BCUT2D eigenvalue weighted by molar-refractivity contribution is 5.95. The highest BCUT2D eigenvalue weighted by Crippen LogP contribution is 2.14. The Bertz CT molecular complexity index is 448. The fourth-order valence-corrected chi connectivity index (χ4v) is 1.78. The first-order chi connectivity index (χ1) is 8.31. The zero-order chi connectivity index (χ0) is 13.9. The maximum Gasteiger partial charge on any atom is 0.326 e. The van der Waals surface area contributed by atoms with Crippen LogP contribution in [0, 0.1) is 19.8 Å². The molecule has 0 bridgehead atoms. The van der Waals surface area contributed by atoms with E-state index < -0.39 is 17.9 Å². The van der Waals surface area contributed by atoms with Crippen LogP contribution in [-0.2, 0) is 4.79 Å². The third-order valence-electron chi connectivity index (χ3n) is 2.56. The molecular weight excluding hydrogens is 234 g/mol. The average Bonchev–Trinajstić information content (AvgIpc) is 2.56. The topological polar surface area (TPSA) is 79.5 Å². The molecular formula is C13H19NO4. The van der Waals surface area contributed by atoms with E-state index in [4.69, 9.17) is 9.52 Å². The summed E-state index contributed by atoms with van der Waals surface area (Å²) in [6.07, 6.45) is 0.389. The fraction of sp³-hybridized carbons (Fsp3) is 0.538. The molecule has 0 aliphatic rings. The highest BCUT2D eigenvalue weighted by Gasteiger charge is 2.24. The zero-order valence-electron chi connectivity index (χ0n) is 11.1. The lowest BCUT2D eigenvalue weighted by Gasteiger charge is -2.15. The molecule has 18 heavy (non-hydrogen) atoms. The van der Waals surface area contributed by atoms with Crippen LogP contribution >= 0.6 is 0 Å². The van der Waals surface area contributed by atoms with Gasteiger partial charge in [0.15, 0.2) is 5.76 Å². The third kappa shape index (κ3) is 3.61. The molecule has 0 radical (unpaired) electrons. The van der Waals surface area contributed by atoms with Crippen molar-refractivity contribution in [2.75, 3.05) is 0 Å². The minimum atomic E-state index is -1.03. The molecule has 0 spiro atoms. The molecule has 5 heteroatoms. The summed E-state index contributed by atoms with van der Waals surface area (Å²) in [4.78, 5) is 23.0. The van der Waals surface area contributed by atoms with Crippen LogP contribution in [0.15, 0.2) is 10.5 Å². The minimum absolute atomic E-state index is 0.183. The van der Waals surface area contributed by atoms with Gasteiger partial charge in [-0.15, -0.1) is 0 Å². The number of nitrogens with one attached hydrogen (secondary N) is 1. The quantitative estimate of drug-likeness (QED) is 0.842. The molecule has 0 aromatic carbocycles. The van der Waals surface area contributed by atoms with Crippen molar-refractivity contribution in [1.82, 2.24) is 5.32 Å². The number of aliphatic carboxylic acids is 1. The Morgan fingerprint density at radius 1 is 1.39 bits per heavy atom. The van der Waals surface area contributed by atoms with Crippen LogP contribution in [0.25, 0.3) is 0 Å². The van der Waals surface area contributed by atoms with Gasteiger partial charge in [0.25, 0.3) is 5.91 Å². The van der Waals surface area contributed by atoms with Crippen molar-refractivity contribution in [1.29, 1.82) is 0 Å². The summed E-state index contributed by atoms with van der Waals surface area (Å²) in [5.74, 6) is -0.506. The number of furan rings is 1. The summed E-state index contributed by atoms with van der Waals surface area (Å²) in [7, 11) is 0. The smallest absolute Gasteiger partial charge is 0.326 e. The molecule has 1 atom stereocenters. The summed E-state index contributed by atoms with van der Waals surface area (Å²) in [5, 5.41) is 11.5. The van der Waals surface area contributed by atoms with Gasteiger partial charge in [0.1, 0.15) is 11.8 Å². The van der Waals surface area contributed by atoms with E-state index in [1.165, 1.54) is 0 Å². The van der Waals surface area contributed by atoms with Crippen molar-refractivity contribution in [3.63, 3.8) is 0 Å². The Labute approximate surface area is 106 Å². The molecule has 1 heterocycles. The average molecular weight is 253 g/mol. The number of carbonyl (C=O) groups is 2. The molecule has 0 unspecified atom stereocenters. The van der Waals surface area contributed by atoms with E-state index in [1.54, 1.807) is 19.9 Å². The van der Waals surface area contributed by atoms with Gasteiger partial charge in [0.2, 0.25) is 0 Å². The molecule has 0 fully saturated rings. The standard InChI is InChI=1S/C13H19NO4/c1-7(2)5-10(13(16)17)14-12(15)11-8(3)6-9(4)18-11/h6-7,10H,5H2,1-4H3,(H,14,15)(H,16,17)/t10-/m1/s1. The van der Waals surface area contributed by atoms with Crippen LogP contribution in [0.1, 0.15) is 42.1 Å². The number of hydrogen-bond acceptors (Lipinski definition) is 3. The largest absolute Gasteiger partial charge is 0.480 e. The van der Waals surface area contributed by atoms with E-state index >= 15 is 0 Å². The lowest BCUT2D eigenvalue weighted by molar-refractivity contribution is -0.139. The number of carbonyl (C=O) groups excluding carboxylic acids is 1. The first-order valence-corrected chi connectivity index (χ1v) is 5.92. The number of amides is 1.